The molecule has 0 atom stereocenters. The standard InChI is InChI=1S/C14H10BrClN2OS/c1-8-2-3-11(10(15)6-8)19-7-12-17-13(16)9-4-5-20-14(9)18-12/h2-6H,7H2,1H3. The van der Waals surface area contributed by atoms with Crippen LogP contribution in [0.3, 0.4) is 0 Å². The lowest BCUT2D eigenvalue weighted by Crippen LogP contribution is -2.02. The maximum absolute atomic E-state index is 6.13. The van der Waals surface area contributed by atoms with Gasteiger partial charge in [-0.25, -0.2) is 9.97 Å². The van der Waals surface area contributed by atoms with Gasteiger partial charge in [0.05, 0.1) is 4.47 Å². The van der Waals surface area contributed by atoms with Gasteiger partial charge in [0.15, 0.2) is 5.82 Å². The Balaban J connectivity index is 1.82. The normalized spacial score (nSPS) is 10.9. The van der Waals surface area contributed by atoms with Crippen molar-refractivity contribution < 1.29 is 4.74 Å². The van der Waals surface area contributed by atoms with Crippen molar-refractivity contribution in [1.29, 1.82) is 0 Å². The van der Waals surface area contributed by atoms with E-state index in [1.807, 2.05) is 36.6 Å². The van der Waals surface area contributed by atoms with Crippen molar-refractivity contribution in [3.8, 4) is 5.75 Å². The molecular formula is C14H10BrClN2OS. The van der Waals surface area contributed by atoms with E-state index in [1.165, 1.54) is 5.56 Å². The highest BCUT2D eigenvalue weighted by Crippen LogP contribution is 2.28. The third kappa shape index (κ3) is 2.80. The molecule has 2 heterocycles. The zero-order chi connectivity index (χ0) is 14.1. The second-order valence-corrected chi connectivity index (χ2v) is 6.40. The molecule has 0 aliphatic heterocycles. The molecule has 0 fully saturated rings. The van der Waals surface area contributed by atoms with E-state index >= 15 is 0 Å². The number of ether oxygens (including phenoxy) is 1. The summed E-state index contributed by atoms with van der Waals surface area (Å²) in [7, 11) is 0. The van der Waals surface area contributed by atoms with Crippen molar-refractivity contribution in [2.45, 2.75) is 13.5 Å². The fraction of sp³-hybridized carbons (Fsp3) is 0.143. The zero-order valence-electron chi connectivity index (χ0n) is 10.6. The predicted molar refractivity (Wildman–Crippen MR) is 85.6 cm³/mol. The summed E-state index contributed by atoms with van der Waals surface area (Å²) in [6.45, 7) is 2.32. The lowest BCUT2D eigenvalue weighted by atomic mass is 10.2. The van der Waals surface area contributed by atoms with Crippen LogP contribution in [0.1, 0.15) is 11.4 Å². The number of aryl methyl sites for hydroxylation is 1. The number of rotatable bonds is 3. The van der Waals surface area contributed by atoms with Crippen LogP contribution in [0.5, 0.6) is 5.75 Å². The van der Waals surface area contributed by atoms with E-state index < -0.39 is 0 Å². The molecule has 3 aromatic rings. The first-order valence-corrected chi connectivity index (χ1v) is 7.97. The van der Waals surface area contributed by atoms with Crippen LogP contribution in [0.4, 0.5) is 0 Å². The number of thiophene rings is 1. The number of hydrogen-bond donors (Lipinski definition) is 0. The van der Waals surface area contributed by atoms with Crippen molar-refractivity contribution >= 4 is 49.1 Å². The van der Waals surface area contributed by atoms with Gasteiger partial charge in [0.2, 0.25) is 0 Å². The topological polar surface area (TPSA) is 35.0 Å². The maximum atomic E-state index is 6.13. The monoisotopic (exact) mass is 368 g/mol. The molecule has 0 amide bonds. The van der Waals surface area contributed by atoms with E-state index in [1.54, 1.807) is 11.3 Å². The van der Waals surface area contributed by atoms with Crippen LogP contribution in [0.25, 0.3) is 10.2 Å². The Morgan fingerprint density at radius 2 is 2.15 bits per heavy atom. The van der Waals surface area contributed by atoms with Crippen LogP contribution in [0.2, 0.25) is 5.15 Å². The van der Waals surface area contributed by atoms with Crippen LogP contribution in [-0.2, 0) is 6.61 Å². The van der Waals surface area contributed by atoms with Gasteiger partial charge in [0.1, 0.15) is 22.3 Å². The first kappa shape index (κ1) is 13.8. The predicted octanol–water partition coefficient (Wildman–Crippen LogP) is 4.99. The lowest BCUT2D eigenvalue weighted by molar-refractivity contribution is 0.294. The number of benzene rings is 1. The zero-order valence-corrected chi connectivity index (χ0v) is 13.7. The summed E-state index contributed by atoms with van der Waals surface area (Å²) in [5, 5.41) is 3.31. The molecule has 6 heteroatoms. The number of aromatic nitrogens is 2. The SMILES string of the molecule is Cc1ccc(OCc2nc(Cl)c3ccsc3n2)c(Br)c1. The Morgan fingerprint density at radius 3 is 2.95 bits per heavy atom. The van der Waals surface area contributed by atoms with Gasteiger partial charge in [-0.15, -0.1) is 11.3 Å². The molecule has 0 unspecified atom stereocenters. The number of fused-ring (bicyclic) bond motifs is 1. The first-order chi connectivity index (χ1) is 9.63. The third-order valence-electron chi connectivity index (χ3n) is 2.77. The molecule has 0 aliphatic rings. The maximum Gasteiger partial charge on any atom is 0.169 e. The molecular weight excluding hydrogens is 360 g/mol. The average molecular weight is 370 g/mol. The molecule has 3 nitrogen and oxygen atoms in total. The molecule has 102 valence electrons. The fourth-order valence-corrected chi connectivity index (χ4v) is 3.49. The summed E-state index contributed by atoms with van der Waals surface area (Å²) in [5.74, 6) is 1.35. The van der Waals surface area contributed by atoms with Gasteiger partial charge < -0.3 is 4.74 Å². The lowest BCUT2D eigenvalue weighted by Gasteiger charge is -2.08. The van der Waals surface area contributed by atoms with Gasteiger partial charge in [-0.2, -0.15) is 0 Å². The van der Waals surface area contributed by atoms with Crippen LogP contribution in [0.15, 0.2) is 34.1 Å². The summed E-state index contributed by atoms with van der Waals surface area (Å²) in [4.78, 5) is 9.58. The molecule has 0 N–H and O–H groups in total. The summed E-state index contributed by atoms with van der Waals surface area (Å²) in [6.07, 6.45) is 0. The smallest absolute Gasteiger partial charge is 0.169 e. The summed E-state index contributed by atoms with van der Waals surface area (Å²) in [6, 6.07) is 7.84. The number of hydrogen-bond acceptors (Lipinski definition) is 4. The summed E-state index contributed by atoms with van der Waals surface area (Å²) >= 11 is 11.1. The highest BCUT2D eigenvalue weighted by atomic mass is 79.9. The largest absolute Gasteiger partial charge is 0.484 e. The molecule has 0 saturated carbocycles. The van der Waals surface area contributed by atoms with Gasteiger partial charge in [-0.05, 0) is 52.0 Å². The van der Waals surface area contributed by atoms with E-state index in [-0.39, 0.29) is 6.61 Å². The third-order valence-corrected chi connectivity index (χ3v) is 4.48. The van der Waals surface area contributed by atoms with E-state index in [2.05, 4.69) is 25.9 Å². The average Bonchev–Trinajstić information content (AvgIpc) is 2.86. The molecule has 0 radical (unpaired) electrons. The second kappa shape index (κ2) is 5.68. The molecule has 0 spiro atoms. The fourth-order valence-electron chi connectivity index (χ4n) is 1.79. The summed E-state index contributed by atoms with van der Waals surface area (Å²) in [5.41, 5.74) is 1.17. The number of halogens is 2. The minimum atomic E-state index is 0.287. The first-order valence-electron chi connectivity index (χ1n) is 5.92. The minimum absolute atomic E-state index is 0.287. The Labute approximate surface area is 133 Å². The Morgan fingerprint density at radius 1 is 1.30 bits per heavy atom. The van der Waals surface area contributed by atoms with E-state index in [9.17, 15) is 0 Å². The van der Waals surface area contributed by atoms with Crippen molar-refractivity contribution in [3.05, 3.63) is 50.7 Å². The summed E-state index contributed by atoms with van der Waals surface area (Å²) < 4.78 is 6.65. The van der Waals surface area contributed by atoms with Crippen LogP contribution >= 0.6 is 38.9 Å². The van der Waals surface area contributed by atoms with Gasteiger partial charge in [0.25, 0.3) is 0 Å². The van der Waals surface area contributed by atoms with Crippen LogP contribution in [0, 0.1) is 6.92 Å². The molecule has 20 heavy (non-hydrogen) atoms. The van der Waals surface area contributed by atoms with Gasteiger partial charge in [-0.3, -0.25) is 0 Å². The van der Waals surface area contributed by atoms with Crippen LogP contribution < -0.4 is 4.74 Å². The van der Waals surface area contributed by atoms with Crippen molar-refractivity contribution in [3.63, 3.8) is 0 Å². The van der Waals surface area contributed by atoms with Gasteiger partial charge in [-0.1, -0.05) is 17.7 Å². The highest BCUT2D eigenvalue weighted by Gasteiger charge is 2.08. The minimum Gasteiger partial charge on any atom is -0.484 e. The van der Waals surface area contributed by atoms with Gasteiger partial charge >= 0.3 is 0 Å². The molecule has 3 rings (SSSR count). The molecule has 0 bridgehead atoms. The number of nitrogens with zero attached hydrogens (tertiary/aromatic N) is 2. The van der Waals surface area contributed by atoms with Crippen LogP contribution in [-0.4, -0.2) is 9.97 Å². The van der Waals surface area contributed by atoms with E-state index in [0.717, 1.165) is 20.4 Å². The van der Waals surface area contributed by atoms with E-state index in [0.29, 0.717) is 11.0 Å². The Hall–Kier alpha value is -1.17. The Bertz CT molecular complexity index is 775. The second-order valence-electron chi connectivity index (χ2n) is 4.29. The van der Waals surface area contributed by atoms with Crippen molar-refractivity contribution in [1.82, 2.24) is 9.97 Å². The highest BCUT2D eigenvalue weighted by molar-refractivity contribution is 9.10. The molecule has 0 aliphatic carbocycles. The van der Waals surface area contributed by atoms with Crippen molar-refractivity contribution in [2.24, 2.45) is 0 Å². The van der Waals surface area contributed by atoms with E-state index in [4.69, 9.17) is 16.3 Å². The molecule has 1 aromatic carbocycles. The molecule has 2 aromatic heterocycles. The quantitative estimate of drug-likeness (QED) is 0.610. The van der Waals surface area contributed by atoms with Gasteiger partial charge in [0, 0.05) is 5.39 Å². The van der Waals surface area contributed by atoms with Crippen molar-refractivity contribution in [2.75, 3.05) is 0 Å². The Kier molecular flexibility index (Phi) is 3.92. The molecule has 0 saturated heterocycles.